The third kappa shape index (κ3) is 5.69. The minimum Gasteiger partial charge on any atom is -0.303 e. The molecule has 0 fully saturated rings. The predicted molar refractivity (Wildman–Crippen MR) is 246 cm³/mol. The molecular weight excluding hydrogens is 677 g/mol. The molecule has 2 bridgehead atoms. The van der Waals surface area contributed by atoms with Crippen molar-refractivity contribution >= 4 is 61.8 Å². The lowest BCUT2D eigenvalue weighted by Crippen LogP contribution is -2.17. The van der Waals surface area contributed by atoms with Crippen molar-refractivity contribution in [3.05, 3.63) is 154 Å². The van der Waals surface area contributed by atoms with E-state index in [4.69, 9.17) is 4.99 Å². The number of hydrogen-bond donors (Lipinski definition) is 0. The van der Waals surface area contributed by atoms with Crippen LogP contribution in [0, 0.1) is 5.92 Å². The largest absolute Gasteiger partial charge is 0.303 e. The van der Waals surface area contributed by atoms with Gasteiger partial charge in [0.1, 0.15) is 0 Å². The van der Waals surface area contributed by atoms with Gasteiger partial charge in [0.05, 0.1) is 0 Å². The number of benzene rings is 6. The summed E-state index contributed by atoms with van der Waals surface area (Å²) in [4.78, 5) is 7.15. The Morgan fingerprint density at radius 2 is 1.62 bits per heavy atom. The molecule has 6 aromatic rings. The van der Waals surface area contributed by atoms with Crippen LogP contribution in [0.15, 0.2) is 120 Å². The van der Waals surface area contributed by atoms with E-state index < -0.39 is 0 Å². The molecule has 278 valence electrons. The summed E-state index contributed by atoms with van der Waals surface area (Å²) in [5.41, 5.74) is 19.4. The van der Waals surface area contributed by atoms with Crippen molar-refractivity contribution in [2.45, 2.75) is 53.9 Å². The van der Waals surface area contributed by atoms with E-state index >= 15 is 0 Å². The zero-order chi connectivity index (χ0) is 37.4. The first-order valence-corrected chi connectivity index (χ1v) is 20.2. The van der Waals surface area contributed by atoms with Gasteiger partial charge in [-0.2, -0.15) is 0 Å². The molecule has 2 atom stereocenters. The Hall–Kier alpha value is -5.57. The average Bonchev–Trinajstić information content (AvgIpc) is 3.53. The minimum absolute atomic E-state index is 0. The SMILES string of the molecule is C.CCN(C)C/C=C(\C)Cc1c2c(c(C3=CC=NCC3C)c3cc4c(cc13)C1CC=Cc3c1c-4cc1ccccc31)-c1cc(c3ccccc3c1)/C=C\C=C\2C. The smallest absolute Gasteiger partial charge is 0.0455 e. The van der Waals surface area contributed by atoms with Gasteiger partial charge in [-0.15, -0.1) is 0 Å². The fraction of sp³-hybridized carbons (Fsp3) is 0.241. The quantitative estimate of drug-likeness (QED) is 0.156. The summed E-state index contributed by atoms with van der Waals surface area (Å²) in [6.07, 6.45) is 20.5. The van der Waals surface area contributed by atoms with Crippen molar-refractivity contribution in [1.29, 1.82) is 0 Å². The van der Waals surface area contributed by atoms with Crippen molar-refractivity contribution < 1.29 is 0 Å². The highest BCUT2D eigenvalue weighted by molar-refractivity contribution is 6.13. The van der Waals surface area contributed by atoms with E-state index in [1.54, 1.807) is 0 Å². The molecule has 0 saturated carbocycles. The van der Waals surface area contributed by atoms with E-state index in [1.807, 2.05) is 0 Å². The monoisotopic (exact) mass is 728 g/mol. The second-order valence-corrected chi connectivity index (χ2v) is 16.4. The summed E-state index contributed by atoms with van der Waals surface area (Å²) < 4.78 is 0. The van der Waals surface area contributed by atoms with E-state index in [9.17, 15) is 0 Å². The van der Waals surface area contributed by atoms with Gasteiger partial charge in [-0.25, -0.2) is 0 Å². The fourth-order valence-corrected chi connectivity index (χ4v) is 9.98. The maximum absolute atomic E-state index is 4.77. The van der Waals surface area contributed by atoms with Crippen molar-refractivity contribution in [1.82, 2.24) is 4.90 Å². The summed E-state index contributed by atoms with van der Waals surface area (Å²) in [5.74, 6) is 0.650. The van der Waals surface area contributed by atoms with Crippen molar-refractivity contribution in [2.24, 2.45) is 10.9 Å². The zero-order valence-electron chi connectivity index (χ0n) is 32.7. The molecule has 3 aliphatic carbocycles. The molecule has 0 saturated heterocycles. The van der Waals surface area contributed by atoms with Gasteiger partial charge in [-0.1, -0.05) is 112 Å². The fourth-order valence-electron chi connectivity index (χ4n) is 9.98. The van der Waals surface area contributed by atoms with Crippen molar-refractivity contribution in [2.75, 3.05) is 26.7 Å². The van der Waals surface area contributed by atoms with Crippen LogP contribution in [0.5, 0.6) is 0 Å². The Balaban J connectivity index is 0.00000410. The summed E-state index contributed by atoms with van der Waals surface area (Å²) in [5, 5.41) is 8.00. The maximum atomic E-state index is 4.77. The van der Waals surface area contributed by atoms with Crippen LogP contribution in [-0.4, -0.2) is 37.8 Å². The maximum Gasteiger partial charge on any atom is 0.0455 e. The molecule has 0 amide bonds. The molecule has 0 aromatic heterocycles. The van der Waals surface area contributed by atoms with E-state index in [0.29, 0.717) is 11.8 Å². The number of fused-ring (bicyclic) bond motifs is 12. The molecule has 4 aliphatic rings. The highest BCUT2D eigenvalue weighted by Gasteiger charge is 2.35. The molecule has 10 rings (SSSR count). The Bertz CT molecular complexity index is 2800. The number of hydrogen-bond acceptors (Lipinski definition) is 2. The zero-order valence-corrected chi connectivity index (χ0v) is 32.7. The van der Waals surface area contributed by atoms with Gasteiger partial charge in [-0.3, -0.25) is 4.99 Å². The summed E-state index contributed by atoms with van der Waals surface area (Å²) in [6, 6.07) is 30.5. The third-order valence-corrected chi connectivity index (χ3v) is 12.9. The molecule has 0 N–H and O–H groups in total. The molecule has 2 unspecified atom stereocenters. The average molecular weight is 729 g/mol. The molecule has 0 radical (unpaired) electrons. The van der Waals surface area contributed by atoms with E-state index in [-0.39, 0.29) is 7.43 Å². The van der Waals surface area contributed by atoms with E-state index in [2.05, 4.69) is 167 Å². The predicted octanol–water partition coefficient (Wildman–Crippen LogP) is 14.0. The number of aliphatic imine (C=N–C) groups is 1. The van der Waals surface area contributed by atoms with Crippen LogP contribution in [0.25, 0.3) is 77.9 Å². The van der Waals surface area contributed by atoms with Gasteiger partial charge in [0, 0.05) is 31.1 Å². The van der Waals surface area contributed by atoms with Gasteiger partial charge >= 0.3 is 0 Å². The van der Waals surface area contributed by atoms with Crippen LogP contribution in [0.3, 0.4) is 0 Å². The van der Waals surface area contributed by atoms with Crippen LogP contribution in [0.4, 0.5) is 0 Å². The van der Waals surface area contributed by atoms with E-state index in [1.165, 1.54) is 110 Å². The molecule has 2 heteroatoms. The number of dihydropyridines is 1. The normalized spacial score (nSPS) is 19.4. The molecule has 2 nitrogen and oxygen atoms in total. The van der Waals surface area contributed by atoms with Gasteiger partial charge in [0.15, 0.2) is 0 Å². The Kier molecular flexibility index (Phi) is 9.14. The topological polar surface area (TPSA) is 15.6 Å². The lowest BCUT2D eigenvalue weighted by atomic mass is 9.75. The first-order valence-electron chi connectivity index (χ1n) is 20.2. The third-order valence-electron chi connectivity index (χ3n) is 12.9. The number of nitrogens with zero attached hydrogens (tertiary/aromatic N) is 2. The van der Waals surface area contributed by atoms with Crippen molar-refractivity contribution in [3.63, 3.8) is 0 Å². The molecule has 0 spiro atoms. The highest BCUT2D eigenvalue weighted by atomic mass is 15.1. The summed E-state index contributed by atoms with van der Waals surface area (Å²) in [6.45, 7) is 12.1. The van der Waals surface area contributed by atoms with Gasteiger partial charge in [0.2, 0.25) is 0 Å². The van der Waals surface area contributed by atoms with E-state index in [0.717, 1.165) is 32.5 Å². The Morgan fingerprint density at radius 1 is 0.839 bits per heavy atom. The number of rotatable bonds is 6. The molecular formula is C54H52N2. The van der Waals surface area contributed by atoms with Crippen LogP contribution < -0.4 is 0 Å². The Labute approximate surface area is 333 Å². The summed E-state index contributed by atoms with van der Waals surface area (Å²) in [7, 11) is 2.21. The van der Waals surface area contributed by atoms with Gasteiger partial charge < -0.3 is 4.90 Å². The molecule has 1 aliphatic heterocycles. The van der Waals surface area contributed by atoms with Crippen LogP contribution in [-0.2, 0) is 6.42 Å². The first kappa shape index (κ1) is 36.1. The second-order valence-electron chi connectivity index (χ2n) is 16.4. The summed E-state index contributed by atoms with van der Waals surface area (Å²) >= 11 is 0. The Morgan fingerprint density at radius 3 is 2.43 bits per heavy atom. The highest BCUT2D eigenvalue weighted by Crippen LogP contribution is 2.56. The number of allylic oxidation sites excluding steroid dienone is 6. The first-order chi connectivity index (χ1) is 26.9. The second kappa shape index (κ2) is 14.2. The minimum atomic E-state index is 0. The van der Waals surface area contributed by atoms with Gasteiger partial charge in [0.25, 0.3) is 0 Å². The van der Waals surface area contributed by atoms with Crippen LogP contribution in [0.2, 0.25) is 0 Å². The van der Waals surface area contributed by atoms with Gasteiger partial charge in [-0.05, 0) is 181 Å². The van der Waals surface area contributed by atoms with Crippen molar-refractivity contribution in [3.8, 4) is 22.3 Å². The van der Waals surface area contributed by atoms with Crippen LogP contribution >= 0.6 is 0 Å². The van der Waals surface area contributed by atoms with Crippen LogP contribution in [0.1, 0.15) is 86.4 Å². The molecule has 6 aromatic carbocycles. The standard InChI is InChI=1S/C53H48N2.CH4/c1-6-55(5)24-22-32(2)25-47-46-29-44-43-20-12-19-42-41-18-10-8-15-37(41)28-48(52(42)43)45(44)30-49(46)53(39-21-23-54-31-34(39)4)51-38-26-35-14-7-9-17-40(35)36(27-38)16-11-13-33(3)50(47)51;/h7-19,21-23,26-30,34,43H,6,20,24-25,31H2,1-5H3;1H4/b16-11-,32-22+,33-13+;. The molecule has 1 heterocycles. The molecule has 56 heavy (non-hydrogen) atoms. The number of likely N-dealkylation sites (N-methyl/N-ethyl adjacent to an activating group) is 1. The lowest BCUT2D eigenvalue weighted by Gasteiger charge is -2.29. The lowest BCUT2D eigenvalue weighted by molar-refractivity contribution is 0.391.